The Balaban J connectivity index is 2.25. The topological polar surface area (TPSA) is 96.9 Å². The predicted molar refractivity (Wildman–Crippen MR) is 68.0 cm³/mol. The standard InChI is InChI=1S/C12H22N2O5/c1-18-5-4-10(11(15)16)14-12(17)13-8-9-2-6-19-7-3-9/h9-10H,2-8H2,1H3,(H,15,16)(H2,13,14,17). The summed E-state index contributed by atoms with van der Waals surface area (Å²) in [7, 11) is 1.49. The van der Waals surface area contributed by atoms with E-state index < -0.39 is 18.0 Å². The molecule has 1 aliphatic rings. The van der Waals surface area contributed by atoms with Gasteiger partial charge in [-0.15, -0.1) is 0 Å². The molecular formula is C12H22N2O5. The largest absolute Gasteiger partial charge is 0.480 e. The summed E-state index contributed by atoms with van der Waals surface area (Å²) in [6.07, 6.45) is 2.09. The fourth-order valence-corrected chi connectivity index (χ4v) is 1.89. The third kappa shape index (κ3) is 6.40. The smallest absolute Gasteiger partial charge is 0.326 e. The number of nitrogens with one attached hydrogen (secondary N) is 2. The van der Waals surface area contributed by atoms with E-state index in [4.69, 9.17) is 14.6 Å². The van der Waals surface area contributed by atoms with Crippen LogP contribution in [0.5, 0.6) is 0 Å². The molecule has 1 fully saturated rings. The quantitative estimate of drug-likeness (QED) is 0.616. The van der Waals surface area contributed by atoms with Crippen molar-refractivity contribution < 1.29 is 24.2 Å². The van der Waals surface area contributed by atoms with Crippen LogP contribution >= 0.6 is 0 Å². The minimum atomic E-state index is -1.06. The van der Waals surface area contributed by atoms with Crippen molar-refractivity contribution >= 4 is 12.0 Å². The molecule has 0 spiro atoms. The maximum absolute atomic E-state index is 11.6. The second-order valence-electron chi connectivity index (χ2n) is 4.58. The number of aliphatic carboxylic acids is 1. The molecular weight excluding hydrogens is 252 g/mol. The fraction of sp³-hybridized carbons (Fsp3) is 0.833. The van der Waals surface area contributed by atoms with Crippen LogP contribution in [-0.4, -0.2) is 56.6 Å². The normalized spacial score (nSPS) is 17.7. The molecule has 0 radical (unpaired) electrons. The van der Waals surface area contributed by atoms with E-state index in [1.165, 1.54) is 7.11 Å². The van der Waals surface area contributed by atoms with Crippen molar-refractivity contribution in [1.29, 1.82) is 0 Å². The third-order valence-electron chi connectivity index (χ3n) is 3.11. The van der Waals surface area contributed by atoms with Gasteiger partial charge in [-0.25, -0.2) is 9.59 Å². The van der Waals surface area contributed by atoms with E-state index in [0.29, 0.717) is 12.5 Å². The van der Waals surface area contributed by atoms with Crippen molar-refractivity contribution in [2.45, 2.75) is 25.3 Å². The highest BCUT2D eigenvalue weighted by Gasteiger charge is 2.20. The van der Waals surface area contributed by atoms with Crippen LogP contribution in [0.15, 0.2) is 0 Å². The number of carboxylic acid groups (broad SMARTS) is 1. The van der Waals surface area contributed by atoms with E-state index in [0.717, 1.165) is 26.1 Å². The lowest BCUT2D eigenvalue weighted by molar-refractivity contribution is -0.139. The van der Waals surface area contributed by atoms with Crippen molar-refractivity contribution in [3.8, 4) is 0 Å². The first-order chi connectivity index (χ1) is 9.13. The number of ether oxygens (including phenoxy) is 2. The molecule has 0 bridgehead atoms. The highest BCUT2D eigenvalue weighted by atomic mass is 16.5. The maximum atomic E-state index is 11.6. The number of urea groups is 1. The zero-order valence-electron chi connectivity index (χ0n) is 11.2. The Labute approximate surface area is 112 Å². The van der Waals surface area contributed by atoms with Crippen molar-refractivity contribution in [3.05, 3.63) is 0 Å². The second-order valence-corrected chi connectivity index (χ2v) is 4.58. The molecule has 0 aromatic carbocycles. The number of hydrogen-bond donors (Lipinski definition) is 3. The Kier molecular flexibility index (Phi) is 7.20. The van der Waals surface area contributed by atoms with E-state index in [1.807, 2.05) is 0 Å². The van der Waals surface area contributed by atoms with Crippen LogP contribution in [0.1, 0.15) is 19.3 Å². The number of hydrogen-bond acceptors (Lipinski definition) is 4. The van der Waals surface area contributed by atoms with Gasteiger partial charge in [0.15, 0.2) is 0 Å². The molecule has 7 nitrogen and oxygen atoms in total. The number of amides is 2. The van der Waals surface area contributed by atoms with Crippen LogP contribution < -0.4 is 10.6 Å². The van der Waals surface area contributed by atoms with Gasteiger partial charge >= 0.3 is 12.0 Å². The number of carbonyl (C=O) groups is 2. The average molecular weight is 274 g/mol. The molecule has 0 aromatic heterocycles. The Morgan fingerprint density at radius 3 is 2.68 bits per heavy atom. The SMILES string of the molecule is COCCC(NC(=O)NCC1CCOCC1)C(=O)O. The molecule has 1 atom stereocenters. The first-order valence-electron chi connectivity index (χ1n) is 6.47. The van der Waals surface area contributed by atoms with Gasteiger partial charge in [0.05, 0.1) is 0 Å². The van der Waals surface area contributed by atoms with Gasteiger partial charge in [0, 0.05) is 39.9 Å². The lowest BCUT2D eigenvalue weighted by Gasteiger charge is -2.22. The number of carbonyl (C=O) groups excluding carboxylic acids is 1. The lowest BCUT2D eigenvalue weighted by Crippen LogP contribution is -2.47. The summed E-state index contributed by atoms with van der Waals surface area (Å²) in [5.41, 5.74) is 0. The molecule has 3 N–H and O–H groups in total. The van der Waals surface area contributed by atoms with Gasteiger partial charge in [-0.2, -0.15) is 0 Å². The Bertz CT molecular complexity index is 292. The summed E-state index contributed by atoms with van der Waals surface area (Å²) in [6.45, 7) is 2.28. The van der Waals surface area contributed by atoms with Crippen molar-refractivity contribution in [3.63, 3.8) is 0 Å². The highest BCUT2D eigenvalue weighted by Crippen LogP contribution is 2.12. The van der Waals surface area contributed by atoms with Crippen LogP contribution in [-0.2, 0) is 14.3 Å². The summed E-state index contributed by atoms with van der Waals surface area (Å²) >= 11 is 0. The molecule has 1 saturated heterocycles. The molecule has 1 rings (SSSR count). The number of methoxy groups -OCH3 is 1. The zero-order chi connectivity index (χ0) is 14.1. The van der Waals surface area contributed by atoms with Crippen LogP contribution in [0.3, 0.4) is 0 Å². The zero-order valence-corrected chi connectivity index (χ0v) is 11.2. The molecule has 0 aliphatic carbocycles. The van der Waals surface area contributed by atoms with Crippen molar-refractivity contribution in [2.75, 3.05) is 33.5 Å². The fourth-order valence-electron chi connectivity index (χ4n) is 1.89. The van der Waals surface area contributed by atoms with Gasteiger partial charge in [-0.05, 0) is 18.8 Å². The summed E-state index contributed by atoms with van der Waals surface area (Å²) < 4.78 is 10.0. The van der Waals surface area contributed by atoms with Gasteiger partial charge in [-0.3, -0.25) is 0 Å². The van der Waals surface area contributed by atoms with Gasteiger partial charge in [0.1, 0.15) is 6.04 Å². The van der Waals surface area contributed by atoms with Gasteiger partial charge in [-0.1, -0.05) is 0 Å². The second kappa shape index (κ2) is 8.71. The molecule has 0 aromatic rings. The minimum absolute atomic E-state index is 0.247. The summed E-state index contributed by atoms with van der Waals surface area (Å²) in [4.78, 5) is 22.5. The van der Waals surface area contributed by atoms with Gasteiger partial charge in [0.25, 0.3) is 0 Å². The lowest BCUT2D eigenvalue weighted by atomic mass is 10.0. The Morgan fingerprint density at radius 2 is 2.11 bits per heavy atom. The molecule has 1 unspecified atom stereocenters. The molecule has 110 valence electrons. The van der Waals surface area contributed by atoms with E-state index in [1.54, 1.807) is 0 Å². The molecule has 19 heavy (non-hydrogen) atoms. The van der Waals surface area contributed by atoms with E-state index in [-0.39, 0.29) is 13.0 Å². The van der Waals surface area contributed by atoms with Crippen LogP contribution in [0.25, 0.3) is 0 Å². The van der Waals surface area contributed by atoms with Gasteiger partial charge in [0.2, 0.25) is 0 Å². The maximum Gasteiger partial charge on any atom is 0.326 e. The number of carboxylic acids is 1. The minimum Gasteiger partial charge on any atom is -0.480 e. The summed E-state index contributed by atoms with van der Waals surface area (Å²) in [5.74, 6) is -0.653. The molecule has 2 amide bonds. The van der Waals surface area contributed by atoms with E-state index in [9.17, 15) is 9.59 Å². The monoisotopic (exact) mass is 274 g/mol. The van der Waals surface area contributed by atoms with Crippen LogP contribution in [0.2, 0.25) is 0 Å². The van der Waals surface area contributed by atoms with Crippen molar-refractivity contribution in [1.82, 2.24) is 10.6 Å². The van der Waals surface area contributed by atoms with Crippen LogP contribution in [0, 0.1) is 5.92 Å². The van der Waals surface area contributed by atoms with E-state index in [2.05, 4.69) is 10.6 Å². The van der Waals surface area contributed by atoms with Crippen LogP contribution in [0.4, 0.5) is 4.79 Å². The number of rotatable bonds is 7. The molecule has 7 heteroatoms. The Morgan fingerprint density at radius 1 is 1.42 bits per heavy atom. The predicted octanol–water partition coefficient (Wildman–Crippen LogP) is 0.202. The molecule has 1 aliphatic heterocycles. The molecule has 1 heterocycles. The highest BCUT2D eigenvalue weighted by molar-refractivity contribution is 5.82. The average Bonchev–Trinajstić information content (AvgIpc) is 2.42. The summed E-state index contributed by atoms with van der Waals surface area (Å²) in [5, 5.41) is 14.1. The molecule has 0 saturated carbocycles. The summed E-state index contributed by atoms with van der Waals surface area (Å²) in [6, 6.07) is -1.37. The van der Waals surface area contributed by atoms with E-state index >= 15 is 0 Å². The first-order valence-corrected chi connectivity index (χ1v) is 6.47. The van der Waals surface area contributed by atoms with Crippen molar-refractivity contribution in [2.24, 2.45) is 5.92 Å². The van der Waals surface area contributed by atoms with Gasteiger partial charge < -0.3 is 25.2 Å². The third-order valence-corrected chi connectivity index (χ3v) is 3.11. The Hall–Kier alpha value is -1.34. The first kappa shape index (κ1) is 15.7.